The van der Waals surface area contributed by atoms with E-state index in [0.717, 1.165) is 5.75 Å². The largest absolute Gasteiger partial charge is 0.481 e. The first kappa shape index (κ1) is 29.2. The van der Waals surface area contributed by atoms with E-state index in [1.54, 1.807) is 0 Å². The second kappa shape index (κ2) is 19.3. The number of carbonyl (C=O) groups excluding carboxylic acids is 1. The van der Waals surface area contributed by atoms with E-state index in [-0.39, 0.29) is 12.8 Å². The van der Waals surface area contributed by atoms with E-state index in [1.807, 2.05) is 17.1 Å². The molecule has 0 aliphatic carbocycles. The molecular formula is C22H37NO5S. The Bertz CT molecular complexity index is 570. The molecule has 3 N–H and O–H groups in total. The summed E-state index contributed by atoms with van der Waals surface area (Å²) in [4.78, 5) is 30.5. The summed E-state index contributed by atoms with van der Waals surface area (Å²) in [6.45, 7) is 8.35. The summed E-state index contributed by atoms with van der Waals surface area (Å²) in [5, 5.41) is 18.3. The highest BCUT2D eigenvalue weighted by Gasteiger charge is 2.05. The van der Waals surface area contributed by atoms with Gasteiger partial charge in [-0.3, -0.25) is 14.4 Å². The zero-order valence-electron chi connectivity index (χ0n) is 18.4. The first-order valence-electron chi connectivity index (χ1n) is 9.72. The topological polar surface area (TPSA) is 104 Å². The van der Waals surface area contributed by atoms with Crippen LogP contribution in [0.25, 0.3) is 0 Å². The third-order valence-corrected chi connectivity index (χ3v) is 4.22. The molecule has 0 aliphatic heterocycles. The van der Waals surface area contributed by atoms with Gasteiger partial charge in [-0.05, 0) is 59.6 Å². The molecule has 0 aromatic carbocycles. The lowest BCUT2D eigenvalue weighted by atomic mass is 10.1. The second-order valence-corrected chi connectivity index (χ2v) is 7.89. The number of amides is 1. The lowest BCUT2D eigenvalue weighted by molar-refractivity contribution is -0.139. The summed E-state index contributed by atoms with van der Waals surface area (Å²) in [7, 11) is 0. The van der Waals surface area contributed by atoms with Crippen LogP contribution in [0.3, 0.4) is 0 Å². The van der Waals surface area contributed by atoms with Crippen molar-refractivity contribution in [1.82, 2.24) is 5.32 Å². The number of hydrogen-bond acceptors (Lipinski definition) is 4. The van der Waals surface area contributed by atoms with Crippen molar-refractivity contribution in [3.63, 3.8) is 0 Å². The summed E-state index contributed by atoms with van der Waals surface area (Å²) < 4.78 is 0. The fourth-order valence-corrected chi connectivity index (χ4v) is 2.50. The zero-order valence-corrected chi connectivity index (χ0v) is 19.2. The van der Waals surface area contributed by atoms with Crippen LogP contribution >= 0.6 is 11.8 Å². The smallest absolute Gasteiger partial charge is 0.322 e. The molecule has 0 rings (SSSR count). The fraction of sp³-hybridized carbons (Fsp3) is 0.591. The molecule has 0 atom stereocenters. The van der Waals surface area contributed by atoms with Crippen LogP contribution in [0.5, 0.6) is 0 Å². The lowest BCUT2D eigenvalue weighted by Gasteiger charge is -2.01. The number of aliphatic carboxylic acids is 2. The molecular weight excluding hydrogens is 390 g/mol. The first-order valence-corrected chi connectivity index (χ1v) is 11.1. The number of carbonyl (C=O) groups is 3. The molecule has 1 amide bonds. The average molecular weight is 428 g/mol. The maximum Gasteiger partial charge on any atom is 0.322 e. The van der Waals surface area contributed by atoms with Crippen LogP contribution in [0.4, 0.5) is 0 Å². The molecule has 29 heavy (non-hydrogen) atoms. The molecule has 0 unspecified atom stereocenters. The van der Waals surface area contributed by atoms with Crippen LogP contribution < -0.4 is 5.32 Å². The summed E-state index contributed by atoms with van der Waals surface area (Å²) in [6.07, 6.45) is 13.5. The van der Waals surface area contributed by atoms with E-state index in [1.165, 1.54) is 42.4 Å². The van der Waals surface area contributed by atoms with Gasteiger partial charge in [0.2, 0.25) is 5.91 Å². The van der Waals surface area contributed by atoms with Gasteiger partial charge < -0.3 is 15.5 Å². The summed E-state index contributed by atoms with van der Waals surface area (Å²) in [5.41, 5.74) is 4.47. The van der Waals surface area contributed by atoms with Crippen LogP contribution in [-0.4, -0.2) is 46.6 Å². The van der Waals surface area contributed by atoms with Gasteiger partial charge in [-0.25, -0.2) is 0 Å². The van der Waals surface area contributed by atoms with E-state index in [9.17, 15) is 14.4 Å². The van der Waals surface area contributed by atoms with Crippen molar-refractivity contribution in [3.8, 4) is 0 Å². The molecule has 0 bridgehead atoms. The average Bonchev–Trinajstić information content (AvgIpc) is 2.63. The van der Waals surface area contributed by atoms with E-state index >= 15 is 0 Å². The molecule has 166 valence electrons. The van der Waals surface area contributed by atoms with E-state index in [4.69, 9.17) is 10.2 Å². The maximum absolute atomic E-state index is 10.6. The minimum atomic E-state index is -1.15. The van der Waals surface area contributed by atoms with Gasteiger partial charge in [0, 0.05) is 12.2 Å². The van der Waals surface area contributed by atoms with Crippen molar-refractivity contribution in [2.75, 3.05) is 18.6 Å². The minimum absolute atomic E-state index is 0.192. The van der Waals surface area contributed by atoms with Crippen LogP contribution in [-0.2, 0) is 14.4 Å². The fourth-order valence-electron chi connectivity index (χ4n) is 2.05. The molecule has 0 aromatic heterocycles. The summed E-state index contributed by atoms with van der Waals surface area (Å²) in [5.74, 6) is -1.66. The van der Waals surface area contributed by atoms with Crippen molar-refractivity contribution >= 4 is 29.6 Å². The number of thioether (sulfide) groups is 1. The van der Waals surface area contributed by atoms with Crippen molar-refractivity contribution in [1.29, 1.82) is 0 Å². The Hall–Kier alpha value is -2.02. The molecule has 0 saturated carbocycles. The minimum Gasteiger partial charge on any atom is -0.481 e. The van der Waals surface area contributed by atoms with Crippen LogP contribution in [0, 0.1) is 0 Å². The van der Waals surface area contributed by atoms with Gasteiger partial charge in [-0.1, -0.05) is 34.9 Å². The number of rotatable bonds is 13. The summed E-state index contributed by atoms with van der Waals surface area (Å²) >= 11 is 1.89. The van der Waals surface area contributed by atoms with E-state index in [0.29, 0.717) is 0 Å². The Morgan fingerprint density at radius 2 is 1.34 bits per heavy atom. The van der Waals surface area contributed by atoms with E-state index < -0.39 is 24.4 Å². The SMILES string of the molecule is CSC/C=C(\C)CC/C=C(\C)CCC=C(C)C.O=C(O)CCC(=O)NCC(=O)O. The van der Waals surface area contributed by atoms with Crippen LogP contribution in [0.2, 0.25) is 0 Å². The standard InChI is InChI=1S/C16H28S.C6H9NO5/c1-14(2)8-6-9-15(3)10-7-11-16(4)12-13-17-5;8-4(1-2-5(9)10)7-3-6(11)12/h8,10,12H,6-7,9,11,13H2,1-5H3;1-3H2,(H,7,8)(H,9,10)(H,11,12)/b15-10+,16-12+;. The Kier molecular flexibility index (Phi) is 19.4. The third kappa shape index (κ3) is 26.0. The van der Waals surface area contributed by atoms with Gasteiger partial charge in [0.25, 0.3) is 0 Å². The molecule has 0 aliphatic rings. The molecule has 0 fully saturated rings. The number of hydrogen-bond donors (Lipinski definition) is 3. The quantitative estimate of drug-likeness (QED) is 0.364. The molecule has 7 heteroatoms. The Labute approximate surface area is 179 Å². The number of allylic oxidation sites excluding steroid dienone is 5. The highest BCUT2D eigenvalue weighted by Crippen LogP contribution is 2.11. The first-order chi connectivity index (χ1) is 13.6. The molecule has 6 nitrogen and oxygen atoms in total. The number of nitrogens with one attached hydrogen (secondary N) is 1. The normalized spacial score (nSPS) is 11.2. The molecule has 0 radical (unpaired) electrons. The van der Waals surface area contributed by atoms with Gasteiger partial charge in [0.1, 0.15) is 6.54 Å². The highest BCUT2D eigenvalue weighted by molar-refractivity contribution is 7.98. The van der Waals surface area contributed by atoms with Crippen molar-refractivity contribution in [2.24, 2.45) is 0 Å². The Morgan fingerprint density at radius 3 is 1.83 bits per heavy atom. The second-order valence-electron chi connectivity index (χ2n) is 6.98. The number of carboxylic acids is 2. The summed E-state index contributed by atoms with van der Waals surface area (Å²) in [6, 6.07) is 0. The van der Waals surface area contributed by atoms with Gasteiger partial charge in [0.05, 0.1) is 6.42 Å². The Morgan fingerprint density at radius 1 is 0.793 bits per heavy atom. The van der Waals surface area contributed by atoms with Crippen LogP contribution in [0.15, 0.2) is 34.9 Å². The van der Waals surface area contributed by atoms with Crippen LogP contribution in [0.1, 0.15) is 66.2 Å². The van der Waals surface area contributed by atoms with Crippen molar-refractivity contribution in [3.05, 3.63) is 34.9 Å². The van der Waals surface area contributed by atoms with Gasteiger partial charge in [0.15, 0.2) is 0 Å². The van der Waals surface area contributed by atoms with Crippen molar-refractivity contribution in [2.45, 2.75) is 66.2 Å². The monoisotopic (exact) mass is 427 g/mol. The Balaban J connectivity index is 0. The number of carboxylic acid groups (broad SMARTS) is 2. The molecule has 0 spiro atoms. The van der Waals surface area contributed by atoms with E-state index in [2.05, 4.69) is 52.2 Å². The molecule has 0 heterocycles. The molecule has 0 aromatic rings. The zero-order chi connectivity index (χ0) is 22.7. The molecule has 0 saturated heterocycles. The van der Waals surface area contributed by atoms with Gasteiger partial charge in [-0.2, -0.15) is 11.8 Å². The van der Waals surface area contributed by atoms with Gasteiger partial charge in [-0.15, -0.1) is 0 Å². The maximum atomic E-state index is 10.6. The van der Waals surface area contributed by atoms with Crippen molar-refractivity contribution < 1.29 is 24.6 Å². The predicted octanol–water partition coefficient (Wildman–Crippen LogP) is 4.82. The lowest BCUT2D eigenvalue weighted by Crippen LogP contribution is -2.29. The third-order valence-electron chi connectivity index (χ3n) is 3.72. The predicted molar refractivity (Wildman–Crippen MR) is 121 cm³/mol. The van der Waals surface area contributed by atoms with Gasteiger partial charge >= 0.3 is 11.9 Å². The highest BCUT2D eigenvalue weighted by atomic mass is 32.2.